The number of aromatic nitrogens is 1. The number of halogens is 1. The SMILES string of the molecule is CN(C)CCNC(C)(C(=O)O)c1ccc(F)cn1. The average molecular weight is 255 g/mol. The van der Waals surface area contributed by atoms with Gasteiger partial charge in [0.15, 0.2) is 5.54 Å². The van der Waals surface area contributed by atoms with E-state index in [1.165, 1.54) is 19.1 Å². The highest BCUT2D eigenvalue weighted by atomic mass is 19.1. The predicted octanol–water partition coefficient (Wildman–Crippen LogP) is 0.672. The van der Waals surface area contributed by atoms with E-state index in [1.54, 1.807) is 0 Å². The molecule has 0 amide bonds. The molecular weight excluding hydrogens is 237 g/mol. The quantitative estimate of drug-likeness (QED) is 0.782. The number of nitrogens with one attached hydrogen (secondary N) is 1. The molecule has 2 N–H and O–H groups in total. The van der Waals surface area contributed by atoms with Crippen LogP contribution in [0.4, 0.5) is 4.39 Å². The van der Waals surface area contributed by atoms with E-state index in [9.17, 15) is 14.3 Å². The summed E-state index contributed by atoms with van der Waals surface area (Å²) in [5.74, 6) is -1.53. The molecule has 0 fully saturated rings. The molecule has 0 bridgehead atoms. The molecule has 1 aromatic heterocycles. The van der Waals surface area contributed by atoms with Gasteiger partial charge in [0.25, 0.3) is 0 Å². The number of likely N-dealkylation sites (N-methyl/N-ethyl adjacent to an activating group) is 1. The predicted molar refractivity (Wildman–Crippen MR) is 65.7 cm³/mol. The summed E-state index contributed by atoms with van der Waals surface area (Å²) in [6, 6.07) is 2.59. The van der Waals surface area contributed by atoms with Crippen LogP contribution in [0.3, 0.4) is 0 Å². The monoisotopic (exact) mass is 255 g/mol. The van der Waals surface area contributed by atoms with Crippen molar-refractivity contribution in [3.63, 3.8) is 0 Å². The van der Waals surface area contributed by atoms with Gasteiger partial charge in [-0.15, -0.1) is 0 Å². The lowest BCUT2D eigenvalue weighted by atomic mass is 9.97. The third-order valence-corrected chi connectivity index (χ3v) is 2.70. The van der Waals surface area contributed by atoms with E-state index in [0.29, 0.717) is 13.1 Å². The first kappa shape index (κ1) is 14.5. The van der Waals surface area contributed by atoms with Crippen molar-refractivity contribution >= 4 is 5.97 Å². The lowest BCUT2D eigenvalue weighted by Crippen LogP contribution is -2.49. The van der Waals surface area contributed by atoms with Gasteiger partial charge < -0.3 is 10.0 Å². The summed E-state index contributed by atoms with van der Waals surface area (Å²) in [7, 11) is 3.80. The van der Waals surface area contributed by atoms with Crippen LogP contribution in [0.1, 0.15) is 12.6 Å². The molecule has 18 heavy (non-hydrogen) atoms. The number of nitrogens with zero attached hydrogens (tertiary/aromatic N) is 2. The van der Waals surface area contributed by atoms with Crippen LogP contribution in [0.5, 0.6) is 0 Å². The van der Waals surface area contributed by atoms with E-state index in [4.69, 9.17) is 0 Å². The normalized spacial score (nSPS) is 14.5. The number of rotatable bonds is 6. The Labute approximate surface area is 106 Å². The van der Waals surface area contributed by atoms with Crippen molar-refractivity contribution in [2.75, 3.05) is 27.2 Å². The van der Waals surface area contributed by atoms with E-state index in [2.05, 4.69) is 10.3 Å². The van der Waals surface area contributed by atoms with Crippen molar-refractivity contribution in [3.05, 3.63) is 29.8 Å². The van der Waals surface area contributed by atoms with Crippen LogP contribution in [-0.4, -0.2) is 48.1 Å². The van der Waals surface area contributed by atoms with Crippen LogP contribution in [0.25, 0.3) is 0 Å². The lowest BCUT2D eigenvalue weighted by molar-refractivity contribution is -0.144. The molecule has 1 aromatic rings. The topological polar surface area (TPSA) is 65.5 Å². The molecule has 0 aliphatic rings. The van der Waals surface area contributed by atoms with Crippen LogP contribution in [-0.2, 0) is 10.3 Å². The molecule has 5 nitrogen and oxygen atoms in total. The highest BCUT2D eigenvalue weighted by Gasteiger charge is 2.36. The molecule has 0 spiro atoms. The number of hydrogen-bond donors (Lipinski definition) is 2. The summed E-state index contributed by atoms with van der Waals surface area (Å²) >= 11 is 0. The van der Waals surface area contributed by atoms with Crippen molar-refractivity contribution < 1.29 is 14.3 Å². The number of aliphatic carboxylic acids is 1. The molecule has 0 aliphatic carbocycles. The standard InChI is InChI=1S/C12H18FN3O2/c1-12(11(17)18,15-6-7-16(2)3)10-5-4-9(13)8-14-10/h4-5,8,15H,6-7H2,1-3H3,(H,17,18). The minimum atomic E-state index is -1.32. The minimum absolute atomic E-state index is 0.287. The zero-order chi connectivity index (χ0) is 13.8. The summed E-state index contributed by atoms with van der Waals surface area (Å²) in [5, 5.41) is 12.2. The van der Waals surface area contributed by atoms with Crippen molar-refractivity contribution in [2.24, 2.45) is 0 Å². The Bertz CT molecular complexity index is 408. The maximum Gasteiger partial charge on any atom is 0.329 e. The van der Waals surface area contributed by atoms with Crippen LogP contribution in [0.15, 0.2) is 18.3 Å². The molecule has 1 heterocycles. The number of carbonyl (C=O) groups is 1. The molecule has 1 rings (SSSR count). The highest BCUT2D eigenvalue weighted by molar-refractivity contribution is 5.79. The van der Waals surface area contributed by atoms with Crippen molar-refractivity contribution in [1.82, 2.24) is 15.2 Å². The Kier molecular flexibility index (Phi) is 4.75. The fourth-order valence-electron chi connectivity index (χ4n) is 1.48. The Balaban J connectivity index is 2.86. The third kappa shape index (κ3) is 3.48. The van der Waals surface area contributed by atoms with Crippen LogP contribution in [0, 0.1) is 5.82 Å². The molecule has 1 unspecified atom stereocenters. The van der Waals surface area contributed by atoms with Gasteiger partial charge in [0.05, 0.1) is 11.9 Å². The second kappa shape index (κ2) is 5.88. The number of carboxylic acid groups (broad SMARTS) is 1. The Morgan fingerprint density at radius 2 is 2.22 bits per heavy atom. The van der Waals surface area contributed by atoms with Gasteiger partial charge in [-0.3, -0.25) is 10.3 Å². The van der Waals surface area contributed by atoms with Crippen LogP contribution < -0.4 is 5.32 Å². The van der Waals surface area contributed by atoms with Gasteiger partial charge in [0.1, 0.15) is 5.82 Å². The van der Waals surface area contributed by atoms with Gasteiger partial charge in [-0.2, -0.15) is 0 Å². The maximum absolute atomic E-state index is 12.8. The fraction of sp³-hybridized carbons (Fsp3) is 0.500. The summed E-state index contributed by atoms with van der Waals surface area (Å²) in [6.07, 6.45) is 1.02. The Morgan fingerprint density at radius 1 is 1.56 bits per heavy atom. The Morgan fingerprint density at radius 3 is 2.67 bits per heavy atom. The van der Waals surface area contributed by atoms with Gasteiger partial charge in [0.2, 0.25) is 0 Å². The van der Waals surface area contributed by atoms with E-state index in [-0.39, 0.29) is 5.69 Å². The first-order valence-corrected chi connectivity index (χ1v) is 5.61. The first-order chi connectivity index (χ1) is 8.36. The number of carboxylic acids is 1. The van der Waals surface area contributed by atoms with E-state index in [1.807, 2.05) is 19.0 Å². The van der Waals surface area contributed by atoms with Gasteiger partial charge in [-0.25, -0.2) is 9.18 Å². The highest BCUT2D eigenvalue weighted by Crippen LogP contribution is 2.18. The van der Waals surface area contributed by atoms with E-state index >= 15 is 0 Å². The second-order valence-corrected chi connectivity index (χ2v) is 4.52. The summed E-state index contributed by atoms with van der Waals surface area (Å²) in [5.41, 5.74) is -1.03. The van der Waals surface area contributed by atoms with Gasteiger partial charge in [0, 0.05) is 13.1 Å². The third-order valence-electron chi connectivity index (χ3n) is 2.70. The zero-order valence-corrected chi connectivity index (χ0v) is 10.8. The lowest BCUT2D eigenvalue weighted by Gasteiger charge is -2.26. The van der Waals surface area contributed by atoms with E-state index in [0.717, 1.165) is 6.20 Å². The zero-order valence-electron chi connectivity index (χ0n) is 10.8. The van der Waals surface area contributed by atoms with Gasteiger partial charge >= 0.3 is 5.97 Å². The molecule has 0 saturated carbocycles. The largest absolute Gasteiger partial charge is 0.480 e. The van der Waals surface area contributed by atoms with Crippen LogP contribution in [0.2, 0.25) is 0 Å². The van der Waals surface area contributed by atoms with E-state index < -0.39 is 17.3 Å². The molecule has 1 atom stereocenters. The van der Waals surface area contributed by atoms with Gasteiger partial charge in [-0.05, 0) is 33.2 Å². The first-order valence-electron chi connectivity index (χ1n) is 5.61. The minimum Gasteiger partial charge on any atom is -0.480 e. The summed E-state index contributed by atoms with van der Waals surface area (Å²) in [4.78, 5) is 17.1. The molecule has 100 valence electrons. The van der Waals surface area contributed by atoms with Gasteiger partial charge in [-0.1, -0.05) is 0 Å². The summed E-state index contributed by atoms with van der Waals surface area (Å²) in [6.45, 7) is 2.71. The van der Waals surface area contributed by atoms with Crippen molar-refractivity contribution in [2.45, 2.75) is 12.5 Å². The number of pyridine rings is 1. The molecular formula is C12H18FN3O2. The smallest absolute Gasteiger partial charge is 0.329 e. The molecule has 6 heteroatoms. The Hall–Kier alpha value is -1.53. The fourth-order valence-corrected chi connectivity index (χ4v) is 1.48. The van der Waals surface area contributed by atoms with Crippen molar-refractivity contribution in [3.8, 4) is 0 Å². The average Bonchev–Trinajstić information content (AvgIpc) is 2.28. The molecule has 0 aromatic carbocycles. The van der Waals surface area contributed by atoms with Crippen LogP contribution >= 0.6 is 0 Å². The second-order valence-electron chi connectivity index (χ2n) is 4.52. The number of hydrogen-bond acceptors (Lipinski definition) is 4. The molecule has 0 radical (unpaired) electrons. The summed E-state index contributed by atoms with van der Waals surface area (Å²) < 4.78 is 12.8. The molecule has 0 aliphatic heterocycles. The molecule has 0 saturated heterocycles. The van der Waals surface area contributed by atoms with Crippen molar-refractivity contribution in [1.29, 1.82) is 0 Å². The maximum atomic E-state index is 12.8.